The van der Waals surface area contributed by atoms with E-state index in [0.717, 1.165) is 21.8 Å². The van der Waals surface area contributed by atoms with Crippen molar-refractivity contribution in [3.05, 3.63) is 51.2 Å². The number of hydrogen-bond acceptors (Lipinski definition) is 5. The molecule has 0 bridgehead atoms. The highest BCUT2D eigenvalue weighted by Gasteiger charge is 2.11. The third-order valence-electron chi connectivity index (χ3n) is 2.98. The zero-order chi connectivity index (χ0) is 15.2. The lowest BCUT2D eigenvalue weighted by atomic mass is 10.2. The fourth-order valence-electron chi connectivity index (χ4n) is 1.80. The van der Waals surface area contributed by atoms with Gasteiger partial charge in [0, 0.05) is 10.4 Å². The molecule has 6 heteroatoms. The molecule has 3 N–H and O–H groups in total. The zero-order valence-electron chi connectivity index (χ0n) is 11.6. The van der Waals surface area contributed by atoms with Gasteiger partial charge < -0.3 is 4.74 Å². The normalized spacial score (nSPS) is 9.95. The van der Waals surface area contributed by atoms with Gasteiger partial charge in [-0.3, -0.25) is 10.2 Å². The average Bonchev–Trinajstić information content (AvgIpc) is 2.87. The summed E-state index contributed by atoms with van der Waals surface area (Å²) < 4.78 is 5.69. The summed E-state index contributed by atoms with van der Waals surface area (Å²) in [5.74, 6) is 5.55. The number of ether oxygens (including phenoxy) is 1. The molecule has 0 radical (unpaired) electrons. The Labute approximate surface area is 126 Å². The van der Waals surface area contributed by atoms with E-state index in [1.165, 1.54) is 11.3 Å². The molecule has 21 heavy (non-hydrogen) atoms. The van der Waals surface area contributed by atoms with Gasteiger partial charge in [-0.15, -0.1) is 11.3 Å². The smallest absolute Gasteiger partial charge is 0.275 e. The van der Waals surface area contributed by atoms with Gasteiger partial charge in [-0.05, 0) is 30.7 Å². The minimum atomic E-state index is -0.296. The number of nitrogens with one attached hydrogen (secondary N) is 1. The molecule has 1 aromatic carbocycles. The number of nitrogens with zero attached hydrogens (tertiary/aromatic N) is 1. The molecule has 1 aromatic heterocycles. The summed E-state index contributed by atoms with van der Waals surface area (Å²) in [6, 6.07) is 11.3. The van der Waals surface area contributed by atoms with Crippen LogP contribution >= 0.6 is 11.3 Å². The van der Waals surface area contributed by atoms with E-state index in [4.69, 9.17) is 15.8 Å². The first-order valence-electron chi connectivity index (χ1n) is 6.33. The van der Waals surface area contributed by atoms with Gasteiger partial charge in [0.1, 0.15) is 12.4 Å². The molecule has 1 amide bonds. The van der Waals surface area contributed by atoms with E-state index < -0.39 is 0 Å². The maximum atomic E-state index is 11.5. The Morgan fingerprint density at radius 3 is 2.76 bits per heavy atom. The Morgan fingerprint density at radius 1 is 1.43 bits per heavy atom. The number of hydrazine groups is 1. The average molecular weight is 301 g/mol. The van der Waals surface area contributed by atoms with Crippen molar-refractivity contribution in [3.8, 4) is 11.8 Å². The van der Waals surface area contributed by atoms with E-state index in [2.05, 4.69) is 11.5 Å². The van der Waals surface area contributed by atoms with Crippen LogP contribution in [0.2, 0.25) is 0 Å². The van der Waals surface area contributed by atoms with E-state index in [0.29, 0.717) is 17.9 Å². The van der Waals surface area contributed by atoms with E-state index in [-0.39, 0.29) is 5.91 Å². The van der Waals surface area contributed by atoms with E-state index in [1.807, 2.05) is 31.2 Å². The summed E-state index contributed by atoms with van der Waals surface area (Å²) in [5, 5.41) is 8.62. The SMILES string of the molecule is Cc1sc(C(=O)NN)cc1COc1ccc(CC#N)cc1. The van der Waals surface area contributed by atoms with Gasteiger partial charge in [0.2, 0.25) is 0 Å². The van der Waals surface area contributed by atoms with Crippen molar-refractivity contribution in [2.45, 2.75) is 20.0 Å². The predicted molar refractivity (Wildman–Crippen MR) is 80.8 cm³/mol. The van der Waals surface area contributed by atoms with Crippen LogP contribution in [-0.4, -0.2) is 5.91 Å². The number of carbonyl (C=O) groups excluding carboxylic acids is 1. The van der Waals surface area contributed by atoms with Gasteiger partial charge >= 0.3 is 0 Å². The molecule has 0 unspecified atom stereocenters. The van der Waals surface area contributed by atoms with Crippen LogP contribution in [0, 0.1) is 18.3 Å². The first-order chi connectivity index (χ1) is 10.1. The van der Waals surface area contributed by atoms with Gasteiger partial charge in [0.05, 0.1) is 17.4 Å². The highest BCUT2D eigenvalue weighted by Crippen LogP contribution is 2.23. The number of benzene rings is 1. The maximum absolute atomic E-state index is 11.5. The fraction of sp³-hybridized carbons (Fsp3) is 0.200. The number of hydrogen-bond donors (Lipinski definition) is 2. The van der Waals surface area contributed by atoms with E-state index in [1.54, 1.807) is 6.07 Å². The number of rotatable bonds is 5. The Bertz CT molecular complexity index is 671. The molecular formula is C15H15N3O2S. The van der Waals surface area contributed by atoms with Crippen molar-refractivity contribution in [2.75, 3.05) is 0 Å². The number of amides is 1. The molecule has 0 aliphatic rings. The second kappa shape index (κ2) is 6.88. The quantitative estimate of drug-likeness (QED) is 0.504. The lowest BCUT2D eigenvalue weighted by molar-refractivity contribution is 0.0957. The van der Waals surface area contributed by atoms with Crippen molar-refractivity contribution in [3.63, 3.8) is 0 Å². The summed E-state index contributed by atoms with van der Waals surface area (Å²) in [4.78, 5) is 13.0. The summed E-state index contributed by atoms with van der Waals surface area (Å²) >= 11 is 1.38. The molecule has 2 rings (SSSR count). The number of nitriles is 1. The van der Waals surface area contributed by atoms with Gasteiger partial charge in [0.15, 0.2) is 0 Å². The van der Waals surface area contributed by atoms with Crippen LogP contribution in [0.15, 0.2) is 30.3 Å². The standard InChI is InChI=1S/C15H15N3O2S/c1-10-12(8-14(21-10)15(19)18-17)9-20-13-4-2-11(3-5-13)6-7-16/h2-5,8H,6,9,17H2,1H3,(H,18,19). The van der Waals surface area contributed by atoms with Gasteiger partial charge in [-0.25, -0.2) is 5.84 Å². The van der Waals surface area contributed by atoms with Crippen LogP contribution in [0.5, 0.6) is 5.75 Å². The molecule has 1 heterocycles. The summed E-state index contributed by atoms with van der Waals surface area (Å²) in [7, 11) is 0. The number of aryl methyl sites for hydroxylation is 1. The second-order valence-corrected chi connectivity index (χ2v) is 5.69. The number of carbonyl (C=O) groups is 1. The third kappa shape index (κ3) is 3.81. The van der Waals surface area contributed by atoms with Crippen molar-refractivity contribution in [1.82, 2.24) is 5.43 Å². The molecule has 0 atom stereocenters. The van der Waals surface area contributed by atoms with Crippen LogP contribution in [0.25, 0.3) is 0 Å². The number of nitrogen functional groups attached to an aromatic ring is 1. The molecule has 0 aliphatic carbocycles. The molecule has 108 valence electrons. The Morgan fingerprint density at radius 2 is 2.14 bits per heavy atom. The summed E-state index contributed by atoms with van der Waals surface area (Å²) in [6.07, 6.45) is 0.390. The van der Waals surface area contributed by atoms with Crippen molar-refractivity contribution in [2.24, 2.45) is 5.84 Å². The maximum Gasteiger partial charge on any atom is 0.275 e. The van der Waals surface area contributed by atoms with E-state index >= 15 is 0 Å². The minimum Gasteiger partial charge on any atom is -0.489 e. The first-order valence-corrected chi connectivity index (χ1v) is 7.14. The molecule has 0 fully saturated rings. The van der Waals surface area contributed by atoms with E-state index in [9.17, 15) is 4.79 Å². The Balaban J connectivity index is 2.01. The van der Waals surface area contributed by atoms with Crippen LogP contribution < -0.4 is 16.0 Å². The number of nitrogens with two attached hydrogens (primary N) is 1. The molecular weight excluding hydrogens is 286 g/mol. The van der Waals surface area contributed by atoms with Crippen LogP contribution in [0.4, 0.5) is 0 Å². The van der Waals surface area contributed by atoms with Crippen molar-refractivity contribution in [1.29, 1.82) is 5.26 Å². The fourth-order valence-corrected chi connectivity index (χ4v) is 2.73. The lowest BCUT2D eigenvalue weighted by Crippen LogP contribution is -2.29. The molecule has 5 nitrogen and oxygen atoms in total. The molecule has 0 spiro atoms. The highest BCUT2D eigenvalue weighted by molar-refractivity contribution is 7.14. The second-order valence-electron chi connectivity index (χ2n) is 4.43. The predicted octanol–water partition coefficient (Wildman–Crippen LogP) is 2.31. The zero-order valence-corrected chi connectivity index (χ0v) is 12.4. The Kier molecular flexibility index (Phi) is 4.93. The topological polar surface area (TPSA) is 88.1 Å². The molecule has 0 saturated carbocycles. The lowest BCUT2D eigenvalue weighted by Gasteiger charge is -2.06. The van der Waals surface area contributed by atoms with Gasteiger partial charge in [-0.2, -0.15) is 5.26 Å². The highest BCUT2D eigenvalue weighted by atomic mass is 32.1. The van der Waals surface area contributed by atoms with Crippen LogP contribution in [0.1, 0.15) is 25.7 Å². The van der Waals surface area contributed by atoms with Crippen molar-refractivity contribution >= 4 is 17.2 Å². The molecule has 0 saturated heterocycles. The monoisotopic (exact) mass is 301 g/mol. The molecule has 0 aliphatic heterocycles. The van der Waals surface area contributed by atoms with Crippen molar-refractivity contribution < 1.29 is 9.53 Å². The Hall–Kier alpha value is -2.36. The van der Waals surface area contributed by atoms with Crippen LogP contribution in [-0.2, 0) is 13.0 Å². The summed E-state index contributed by atoms with van der Waals surface area (Å²) in [5.41, 5.74) is 4.03. The number of thiophene rings is 1. The summed E-state index contributed by atoms with van der Waals surface area (Å²) in [6.45, 7) is 2.32. The first kappa shape index (κ1) is 15.0. The van der Waals surface area contributed by atoms with Crippen LogP contribution in [0.3, 0.4) is 0 Å². The van der Waals surface area contributed by atoms with Gasteiger partial charge in [-0.1, -0.05) is 12.1 Å². The molecule has 2 aromatic rings. The third-order valence-corrected chi connectivity index (χ3v) is 4.07. The van der Waals surface area contributed by atoms with Gasteiger partial charge in [0.25, 0.3) is 5.91 Å². The largest absolute Gasteiger partial charge is 0.489 e. The minimum absolute atomic E-state index is 0.296.